The molecule has 2 aromatic carbocycles. The zero-order valence-electron chi connectivity index (χ0n) is 18.8. The summed E-state index contributed by atoms with van der Waals surface area (Å²) in [4.78, 5) is 2.61. The van der Waals surface area contributed by atoms with Gasteiger partial charge in [-0.15, -0.1) is 0 Å². The van der Waals surface area contributed by atoms with E-state index in [-0.39, 0.29) is 0 Å². The molecule has 0 N–H and O–H groups in total. The molecule has 0 aromatic heterocycles. The van der Waals surface area contributed by atoms with Crippen molar-refractivity contribution in [3.63, 3.8) is 0 Å². The molecule has 0 aliphatic carbocycles. The number of aryl methyl sites for hydroxylation is 3. The number of likely N-dealkylation sites (tertiary alicyclic amines) is 1. The highest BCUT2D eigenvalue weighted by molar-refractivity contribution is 5.36. The van der Waals surface area contributed by atoms with Gasteiger partial charge in [0.05, 0.1) is 6.61 Å². The van der Waals surface area contributed by atoms with Gasteiger partial charge in [0.1, 0.15) is 5.75 Å². The van der Waals surface area contributed by atoms with Gasteiger partial charge >= 0.3 is 0 Å². The number of nitrogens with zero attached hydrogens (tertiary/aromatic N) is 1. The van der Waals surface area contributed by atoms with E-state index in [2.05, 4.69) is 68.1 Å². The van der Waals surface area contributed by atoms with Crippen LogP contribution in [0.1, 0.15) is 68.2 Å². The molecule has 1 aliphatic rings. The fourth-order valence-electron chi connectivity index (χ4n) is 4.48. The first-order valence-corrected chi connectivity index (χ1v) is 11.7. The summed E-state index contributed by atoms with van der Waals surface area (Å²) >= 11 is 0. The standard InChI is InChI=1S/C27H39NO/c1-4-6-10-26-11-12-27(20-25(26)5-2)29-18-15-23-13-16-28(17-14-23)21-24-9-7-8-22(3)19-24/h7-9,11-12,19-20,23H,4-6,10,13-18,21H2,1-3H3. The molecule has 2 heteroatoms. The molecule has 0 amide bonds. The highest BCUT2D eigenvalue weighted by atomic mass is 16.5. The zero-order valence-corrected chi connectivity index (χ0v) is 18.8. The van der Waals surface area contributed by atoms with Gasteiger partial charge in [-0.1, -0.05) is 56.2 Å². The van der Waals surface area contributed by atoms with Crippen LogP contribution < -0.4 is 4.74 Å². The van der Waals surface area contributed by atoms with Crippen LogP contribution in [0.2, 0.25) is 0 Å². The number of ether oxygens (including phenoxy) is 1. The van der Waals surface area contributed by atoms with Crippen LogP contribution in [0.3, 0.4) is 0 Å². The molecule has 0 unspecified atom stereocenters. The number of rotatable bonds is 10. The van der Waals surface area contributed by atoms with Gasteiger partial charge in [-0.25, -0.2) is 0 Å². The van der Waals surface area contributed by atoms with Crippen molar-refractivity contribution < 1.29 is 4.74 Å². The quantitative estimate of drug-likeness (QED) is 0.452. The van der Waals surface area contributed by atoms with Crippen molar-refractivity contribution in [1.82, 2.24) is 4.90 Å². The summed E-state index contributed by atoms with van der Waals surface area (Å²) in [6.07, 6.45) is 8.59. The van der Waals surface area contributed by atoms with Crippen LogP contribution in [0.25, 0.3) is 0 Å². The fourth-order valence-corrected chi connectivity index (χ4v) is 4.48. The van der Waals surface area contributed by atoms with E-state index in [1.165, 1.54) is 73.9 Å². The third-order valence-corrected chi connectivity index (χ3v) is 6.35. The minimum Gasteiger partial charge on any atom is -0.494 e. The summed E-state index contributed by atoms with van der Waals surface area (Å²) in [7, 11) is 0. The SMILES string of the molecule is CCCCc1ccc(OCCC2CCN(Cc3cccc(C)c3)CC2)cc1CC. The summed E-state index contributed by atoms with van der Waals surface area (Å²) < 4.78 is 6.13. The molecular formula is C27H39NO. The summed E-state index contributed by atoms with van der Waals surface area (Å²) in [5, 5.41) is 0. The Morgan fingerprint density at radius 2 is 1.83 bits per heavy atom. The zero-order chi connectivity index (χ0) is 20.5. The Kier molecular flexibility index (Phi) is 8.61. The number of piperidine rings is 1. The maximum atomic E-state index is 6.13. The Balaban J connectivity index is 1.39. The highest BCUT2D eigenvalue weighted by Crippen LogP contribution is 2.24. The van der Waals surface area contributed by atoms with Crippen molar-refractivity contribution in [2.75, 3.05) is 19.7 Å². The molecule has 2 nitrogen and oxygen atoms in total. The Morgan fingerprint density at radius 3 is 2.55 bits per heavy atom. The highest BCUT2D eigenvalue weighted by Gasteiger charge is 2.19. The number of unbranched alkanes of at least 4 members (excludes halogenated alkanes) is 1. The molecular weight excluding hydrogens is 354 g/mol. The maximum Gasteiger partial charge on any atom is 0.119 e. The minimum atomic E-state index is 0.804. The van der Waals surface area contributed by atoms with Crippen molar-refractivity contribution in [2.45, 2.75) is 72.3 Å². The van der Waals surface area contributed by atoms with E-state index >= 15 is 0 Å². The molecule has 1 fully saturated rings. The van der Waals surface area contributed by atoms with Crippen molar-refractivity contribution in [2.24, 2.45) is 5.92 Å². The molecule has 0 radical (unpaired) electrons. The molecule has 2 aromatic rings. The Labute approximate surface area is 178 Å². The van der Waals surface area contributed by atoms with Crippen molar-refractivity contribution in [3.8, 4) is 5.75 Å². The normalized spacial score (nSPS) is 15.6. The Hall–Kier alpha value is -1.80. The first kappa shape index (κ1) is 21.9. The predicted molar refractivity (Wildman–Crippen MR) is 124 cm³/mol. The van der Waals surface area contributed by atoms with Crippen LogP contribution in [0, 0.1) is 12.8 Å². The first-order chi connectivity index (χ1) is 14.2. The lowest BCUT2D eigenvalue weighted by Gasteiger charge is -2.32. The molecule has 0 saturated carbocycles. The fraction of sp³-hybridized carbons (Fsp3) is 0.556. The summed E-state index contributed by atoms with van der Waals surface area (Å²) in [6, 6.07) is 15.7. The van der Waals surface area contributed by atoms with Gasteiger partial charge in [0.15, 0.2) is 0 Å². The van der Waals surface area contributed by atoms with Crippen LogP contribution in [-0.2, 0) is 19.4 Å². The van der Waals surface area contributed by atoms with E-state index in [0.29, 0.717) is 0 Å². The lowest BCUT2D eigenvalue weighted by molar-refractivity contribution is 0.157. The van der Waals surface area contributed by atoms with Crippen molar-refractivity contribution in [3.05, 3.63) is 64.7 Å². The summed E-state index contributed by atoms with van der Waals surface area (Å²) in [5.74, 6) is 1.86. The lowest BCUT2D eigenvalue weighted by atomic mass is 9.93. The maximum absolute atomic E-state index is 6.13. The van der Waals surface area contributed by atoms with Crippen LogP contribution in [0.5, 0.6) is 5.75 Å². The molecule has 1 saturated heterocycles. The summed E-state index contributed by atoms with van der Waals surface area (Å²) in [6.45, 7) is 11.1. The van der Waals surface area contributed by atoms with Crippen molar-refractivity contribution >= 4 is 0 Å². The first-order valence-electron chi connectivity index (χ1n) is 11.7. The lowest BCUT2D eigenvalue weighted by Crippen LogP contribution is -2.33. The van der Waals surface area contributed by atoms with Gasteiger partial charge in [0.2, 0.25) is 0 Å². The molecule has 158 valence electrons. The van der Waals surface area contributed by atoms with Gasteiger partial charge in [0.25, 0.3) is 0 Å². The monoisotopic (exact) mass is 393 g/mol. The van der Waals surface area contributed by atoms with E-state index < -0.39 is 0 Å². The van der Waals surface area contributed by atoms with E-state index in [1.54, 1.807) is 0 Å². The second-order valence-electron chi connectivity index (χ2n) is 8.73. The second-order valence-corrected chi connectivity index (χ2v) is 8.73. The molecule has 3 rings (SSSR count). The van der Waals surface area contributed by atoms with Crippen LogP contribution >= 0.6 is 0 Å². The van der Waals surface area contributed by atoms with Crippen LogP contribution in [0.4, 0.5) is 0 Å². The second kappa shape index (κ2) is 11.4. The van der Waals surface area contributed by atoms with Crippen LogP contribution in [0.15, 0.2) is 42.5 Å². The largest absolute Gasteiger partial charge is 0.494 e. The molecule has 0 atom stereocenters. The van der Waals surface area contributed by atoms with Gasteiger partial charge in [0, 0.05) is 6.54 Å². The Bertz CT molecular complexity index is 746. The van der Waals surface area contributed by atoms with E-state index in [4.69, 9.17) is 4.74 Å². The average Bonchev–Trinajstić information content (AvgIpc) is 2.74. The van der Waals surface area contributed by atoms with E-state index in [0.717, 1.165) is 31.2 Å². The number of hydrogen-bond donors (Lipinski definition) is 0. The van der Waals surface area contributed by atoms with Gasteiger partial charge < -0.3 is 4.74 Å². The van der Waals surface area contributed by atoms with E-state index in [1.807, 2.05) is 0 Å². The van der Waals surface area contributed by atoms with Crippen LogP contribution in [-0.4, -0.2) is 24.6 Å². The molecule has 0 bridgehead atoms. The van der Waals surface area contributed by atoms with E-state index in [9.17, 15) is 0 Å². The number of benzene rings is 2. The topological polar surface area (TPSA) is 12.5 Å². The molecule has 0 spiro atoms. The number of hydrogen-bond acceptors (Lipinski definition) is 2. The van der Waals surface area contributed by atoms with Gasteiger partial charge in [-0.3, -0.25) is 4.90 Å². The van der Waals surface area contributed by atoms with Crippen molar-refractivity contribution in [1.29, 1.82) is 0 Å². The molecule has 29 heavy (non-hydrogen) atoms. The molecule has 1 aliphatic heterocycles. The smallest absolute Gasteiger partial charge is 0.119 e. The van der Waals surface area contributed by atoms with Gasteiger partial charge in [-0.2, -0.15) is 0 Å². The Morgan fingerprint density at radius 1 is 1.00 bits per heavy atom. The molecule has 1 heterocycles. The third-order valence-electron chi connectivity index (χ3n) is 6.35. The third kappa shape index (κ3) is 6.89. The summed E-state index contributed by atoms with van der Waals surface area (Å²) in [5.41, 5.74) is 5.77. The van der Waals surface area contributed by atoms with Gasteiger partial charge in [-0.05, 0) is 93.3 Å². The average molecular weight is 394 g/mol. The predicted octanol–water partition coefficient (Wildman–Crippen LogP) is 6.58. The minimum absolute atomic E-state index is 0.804.